The average molecular weight is 331 g/mol. The SMILES string of the molecule is Cc1cc(=O)oc2cc(OC[C@@H](O)CN3CCCC[C@H]3C)ccc12. The second-order valence-electron chi connectivity index (χ2n) is 6.71. The molecule has 0 saturated carbocycles. The Morgan fingerprint density at radius 2 is 2.21 bits per heavy atom. The van der Waals surface area contributed by atoms with E-state index in [0.717, 1.165) is 17.5 Å². The van der Waals surface area contributed by atoms with Crippen LogP contribution in [0.5, 0.6) is 5.75 Å². The first-order valence-electron chi connectivity index (χ1n) is 8.62. The van der Waals surface area contributed by atoms with Gasteiger partial charge in [-0.15, -0.1) is 0 Å². The van der Waals surface area contributed by atoms with Crippen LogP contribution in [0.25, 0.3) is 11.0 Å². The molecule has 5 heteroatoms. The number of aliphatic hydroxyl groups excluding tert-OH is 1. The Bertz CT molecular complexity index is 755. The monoisotopic (exact) mass is 331 g/mol. The van der Waals surface area contributed by atoms with E-state index in [4.69, 9.17) is 9.15 Å². The molecular formula is C19H25NO4. The molecule has 1 aromatic carbocycles. The summed E-state index contributed by atoms with van der Waals surface area (Å²) in [5.74, 6) is 0.599. The Morgan fingerprint density at radius 1 is 1.38 bits per heavy atom. The predicted octanol–water partition coefficient (Wildman–Crippen LogP) is 2.72. The molecule has 130 valence electrons. The van der Waals surface area contributed by atoms with Gasteiger partial charge in [-0.1, -0.05) is 6.42 Å². The largest absolute Gasteiger partial charge is 0.491 e. The second kappa shape index (κ2) is 7.36. The van der Waals surface area contributed by atoms with Crippen LogP contribution in [0.2, 0.25) is 0 Å². The van der Waals surface area contributed by atoms with Crippen molar-refractivity contribution < 1.29 is 14.3 Å². The molecule has 1 aromatic heterocycles. The van der Waals surface area contributed by atoms with Gasteiger partial charge in [0.15, 0.2) is 0 Å². The van der Waals surface area contributed by atoms with Crippen molar-refractivity contribution in [3.63, 3.8) is 0 Å². The highest BCUT2D eigenvalue weighted by molar-refractivity contribution is 5.81. The van der Waals surface area contributed by atoms with Crippen LogP contribution < -0.4 is 10.4 Å². The van der Waals surface area contributed by atoms with Crippen LogP contribution in [0.15, 0.2) is 33.5 Å². The zero-order valence-electron chi connectivity index (χ0n) is 14.3. The molecule has 1 aliphatic heterocycles. The van der Waals surface area contributed by atoms with Gasteiger partial charge in [-0.05, 0) is 50.9 Å². The standard InChI is InChI=1S/C19H25NO4/c1-13-9-19(22)24-18-10-16(6-7-17(13)18)23-12-15(21)11-20-8-4-3-5-14(20)2/h6-7,9-10,14-15,21H,3-5,8,11-12H2,1-2H3/t14-,15+/m1/s1. The van der Waals surface area contributed by atoms with E-state index in [-0.39, 0.29) is 12.2 Å². The highest BCUT2D eigenvalue weighted by Gasteiger charge is 2.21. The third kappa shape index (κ3) is 3.97. The molecule has 2 heterocycles. The molecule has 0 spiro atoms. The van der Waals surface area contributed by atoms with E-state index in [9.17, 15) is 9.90 Å². The Labute approximate surface area is 141 Å². The summed E-state index contributed by atoms with van der Waals surface area (Å²) >= 11 is 0. The molecule has 0 unspecified atom stereocenters. The molecule has 1 aliphatic rings. The van der Waals surface area contributed by atoms with Crippen LogP contribution in [-0.4, -0.2) is 41.8 Å². The summed E-state index contributed by atoms with van der Waals surface area (Å²) in [7, 11) is 0. The van der Waals surface area contributed by atoms with Crippen molar-refractivity contribution in [3.05, 3.63) is 40.2 Å². The third-order valence-electron chi connectivity index (χ3n) is 4.75. The van der Waals surface area contributed by atoms with Gasteiger partial charge in [0.25, 0.3) is 0 Å². The minimum atomic E-state index is -0.536. The average Bonchev–Trinajstić information content (AvgIpc) is 2.54. The Balaban J connectivity index is 1.61. The number of ether oxygens (including phenoxy) is 1. The lowest BCUT2D eigenvalue weighted by molar-refractivity contribution is 0.0438. The molecule has 0 bridgehead atoms. The van der Waals surface area contributed by atoms with Crippen molar-refractivity contribution in [1.82, 2.24) is 4.90 Å². The maximum atomic E-state index is 11.5. The molecule has 5 nitrogen and oxygen atoms in total. The Morgan fingerprint density at radius 3 is 3.00 bits per heavy atom. The van der Waals surface area contributed by atoms with E-state index in [1.165, 1.54) is 25.3 Å². The van der Waals surface area contributed by atoms with E-state index in [1.807, 2.05) is 19.1 Å². The van der Waals surface area contributed by atoms with Gasteiger partial charge >= 0.3 is 5.63 Å². The number of piperidine rings is 1. The lowest BCUT2D eigenvalue weighted by Crippen LogP contribution is -2.43. The number of fused-ring (bicyclic) bond motifs is 1. The maximum Gasteiger partial charge on any atom is 0.336 e. The normalized spacial score (nSPS) is 20.2. The Kier molecular flexibility index (Phi) is 5.21. The Hall–Kier alpha value is -1.85. The number of aryl methyl sites for hydroxylation is 1. The van der Waals surface area contributed by atoms with Gasteiger partial charge < -0.3 is 14.3 Å². The van der Waals surface area contributed by atoms with Crippen molar-refractivity contribution in [3.8, 4) is 5.75 Å². The molecule has 0 radical (unpaired) electrons. The number of rotatable bonds is 5. The van der Waals surface area contributed by atoms with E-state index in [1.54, 1.807) is 6.07 Å². The van der Waals surface area contributed by atoms with E-state index < -0.39 is 6.10 Å². The number of benzene rings is 1. The van der Waals surface area contributed by atoms with Gasteiger partial charge in [-0.25, -0.2) is 4.79 Å². The van der Waals surface area contributed by atoms with Crippen LogP contribution in [-0.2, 0) is 0 Å². The first-order chi connectivity index (χ1) is 11.5. The molecule has 0 aliphatic carbocycles. The fourth-order valence-electron chi connectivity index (χ4n) is 3.34. The van der Waals surface area contributed by atoms with E-state index in [2.05, 4.69) is 11.8 Å². The summed E-state index contributed by atoms with van der Waals surface area (Å²) in [5, 5.41) is 11.1. The third-order valence-corrected chi connectivity index (χ3v) is 4.75. The number of hydrogen-bond donors (Lipinski definition) is 1. The zero-order chi connectivity index (χ0) is 17.1. The van der Waals surface area contributed by atoms with Gasteiger partial charge in [-0.2, -0.15) is 0 Å². The van der Waals surface area contributed by atoms with Crippen molar-refractivity contribution in [2.24, 2.45) is 0 Å². The van der Waals surface area contributed by atoms with E-state index in [0.29, 0.717) is 23.9 Å². The molecule has 1 fully saturated rings. The molecule has 24 heavy (non-hydrogen) atoms. The maximum absolute atomic E-state index is 11.5. The minimum absolute atomic E-state index is 0.227. The quantitative estimate of drug-likeness (QED) is 0.854. The van der Waals surface area contributed by atoms with Crippen molar-refractivity contribution >= 4 is 11.0 Å². The van der Waals surface area contributed by atoms with Gasteiger partial charge in [0.05, 0.1) is 0 Å². The topological polar surface area (TPSA) is 62.9 Å². The number of nitrogens with zero attached hydrogens (tertiary/aromatic N) is 1. The summed E-state index contributed by atoms with van der Waals surface area (Å²) < 4.78 is 10.9. The molecule has 1 N–H and O–H groups in total. The fraction of sp³-hybridized carbons (Fsp3) is 0.526. The number of β-amino-alcohol motifs (C(OH)–C–C–N with tert-alkyl or cyclic N) is 1. The van der Waals surface area contributed by atoms with Gasteiger partial charge in [0, 0.05) is 30.1 Å². The van der Waals surface area contributed by atoms with Gasteiger partial charge in [0.1, 0.15) is 24.0 Å². The summed E-state index contributed by atoms with van der Waals surface area (Å²) in [6.07, 6.45) is 3.12. The van der Waals surface area contributed by atoms with Crippen molar-refractivity contribution in [1.29, 1.82) is 0 Å². The van der Waals surface area contributed by atoms with Crippen LogP contribution in [0.3, 0.4) is 0 Å². The predicted molar refractivity (Wildman–Crippen MR) is 93.6 cm³/mol. The fourth-order valence-corrected chi connectivity index (χ4v) is 3.34. The van der Waals surface area contributed by atoms with Crippen molar-refractivity contribution in [2.75, 3.05) is 19.7 Å². The van der Waals surface area contributed by atoms with Crippen LogP contribution in [0, 0.1) is 6.92 Å². The van der Waals surface area contributed by atoms with Gasteiger partial charge in [-0.3, -0.25) is 4.90 Å². The highest BCUT2D eigenvalue weighted by Crippen LogP contribution is 2.22. The van der Waals surface area contributed by atoms with Crippen LogP contribution >= 0.6 is 0 Å². The minimum Gasteiger partial charge on any atom is -0.491 e. The number of aliphatic hydroxyl groups is 1. The summed E-state index contributed by atoms with van der Waals surface area (Å²) in [5.41, 5.74) is 1.03. The molecule has 2 aromatic rings. The van der Waals surface area contributed by atoms with Crippen LogP contribution in [0.4, 0.5) is 0 Å². The number of hydrogen-bond acceptors (Lipinski definition) is 5. The molecular weight excluding hydrogens is 306 g/mol. The molecule has 2 atom stereocenters. The first kappa shape index (κ1) is 17.0. The second-order valence-corrected chi connectivity index (χ2v) is 6.71. The smallest absolute Gasteiger partial charge is 0.336 e. The number of likely N-dealkylation sites (tertiary alicyclic amines) is 1. The summed E-state index contributed by atoms with van der Waals surface area (Å²) in [4.78, 5) is 13.8. The molecule has 1 saturated heterocycles. The molecule has 3 rings (SSSR count). The van der Waals surface area contributed by atoms with Gasteiger partial charge in [0.2, 0.25) is 0 Å². The van der Waals surface area contributed by atoms with Crippen LogP contribution in [0.1, 0.15) is 31.7 Å². The van der Waals surface area contributed by atoms with E-state index >= 15 is 0 Å². The summed E-state index contributed by atoms with van der Waals surface area (Å²) in [6.45, 7) is 5.98. The van der Waals surface area contributed by atoms with Crippen molar-refractivity contribution in [2.45, 2.75) is 45.3 Å². The first-order valence-corrected chi connectivity index (χ1v) is 8.62. The lowest BCUT2D eigenvalue weighted by atomic mass is 10.0. The molecule has 0 amide bonds. The highest BCUT2D eigenvalue weighted by atomic mass is 16.5. The lowest BCUT2D eigenvalue weighted by Gasteiger charge is -2.34. The zero-order valence-corrected chi connectivity index (χ0v) is 14.3. The summed E-state index contributed by atoms with van der Waals surface area (Å²) in [6, 6.07) is 7.42.